The monoisotopic (exact) mass is 535 g/mol. The molecule has 1 atom stereocenters. The average molecular weight is 536 g/mol. The predicted octanol–water partition coefficient (Wildman–Crippen LogP) is 5.82. The Bertz CT molecular complexity index is 1660. The number of nitro benzene ring substituents is 1. The molecule has 0 fully saturated rings. The van der Waals surface area contributed by atoms with E-state index in [9.17, 15) is 24.8 Å². The number of carbonyl (C=O) groups excluding carboxylic acids is 1. The Morgan fingerprint density at radius 3 is 2.12 bits per heavy atom. The van der Waals surface area contributed by atoms with Crippen molar-refractivity contribution in [1.29, 1.82) is 0 Å². The number of H-pyrrole nitrogens is 1. The first-order valence-corrected chi connectivity index (χ1v) is 12.4. The first kappa shape index (κ1) is 26.2. The van der Waals surface area contributed by atoms with Crippen molar-refractivity contribution in [3.63, 3.8) is 0 Å². The third kappa shape index (κ3) is 5.12. The van der Waals surface area contributed by atoms with Crippen molar-refractivity contribution in [3.05, 3.63) is 141 Å². The number of fused-ring (bicyclic) bond motifs is 1. The minimum Gasteiger partial charge on any atom is -0.496 e. The van der Waals surface area contributed by atoms with E-state index >= 15 is 0 Å². The van der Waals surface area contributed by atoms with Gasteiger partial charge in [-0.3, -0.25) is 14.9 Å². The van der Waals surface area contributed by atoms with E-state index < -0.39 is 28.8 Å². The van der Waals surface area contributed by atoms with Gasteiger partial charge in [-0.05, 0) is 34.9 Å². The summed E-state index contributed by atoms with van der Waals surface area (Å²) in [7, 11) is 1.40. The Morgan fingerprint density at radius 2 is 1.55 bits per heavy atom. The van der Waals surface area contributed by atoms with E-state index in [1.165, 1.54) is 31.4 Å². The lowest BCUT2D eigenvalue weighted by Gasteiger charge is -2.25. The van der Waals surface area contributed by atoms with Gasteiger partial charge in [-0.25, -0.2) is 4.79 Å². The van der Waals surface area contributed by atoms with E-state index in [2.05, 4.69) is 10.3 Å². The van der Waals surface area contributed by atoms with E-state index in [-0.39, 0.29) is 17.0 Å². The first-order chi connectivity index (χ1) is 19.4. The Morgan fingerprint density at radius 1 is 0.900 bits per heavy atom. The zero-order chi connectivity index (χ0) is 28.2. The number of benzene rings is 4. The Kier molecular flexibility index (Phi) is 7.28. The number of hydrogen-bond acceptors (Lipinski definition) is 5. The average Bonchev–Trinajstić information content (AvgIpc) is 3.39. The minimum absolute atomic E-state index is 0.000713. The number of aromatic carboxylic acids is 1. The molecular weight excluding hydrogens is 510 g/mol. The van der Waals surface area contributed by atoms with Crippen molar-refractivity contribution in [2.75, 3.05) is 7.11 Å². The number of non-ortho nitro benzene ring substituents is 1. The maximum absolute atomic E-state index is 14.3. The first-order valence-electron chi connectivity index (χ1n) is 12.4. The molecule has 0 aliphatic rings. The molecule has 1 unspecified atom stereocenters. The highest BCUT2D eigenvalue weighted by atomic mass is 16.6. The number of methoxy groups -OCH3 is 1. The summed E-state index contributed by atoms with van der Waals surface area (Å²) in [6.45, 7) is 0. The fourth-order valence-electron chi connectivity index (χ4n) is 4.89. The minimum atomic E-state index is -1.14. The molecule has 1 aromatic heterocycles. The summed E-state index contributed by atoms with van der Waals surface area (Å²) in [5, 5.41) is 24.7. The van der Waals surface area contributed by atoms with E-state index in [0.717, 1.165) is 11.1 Å². The number of aromatic amines is 1. The maximum atomic E-state index is 14.3. The van der Waals surface area contributed by atoms with Crippen LogP contribution in [0.4, 0.5) is 5.69 Å². The Balaban J connectivity index is 1.67. The summed E-state index contributed by atoms with van der Waals surface area (Å²) in [5.41, 5.74) is 3.12. The van der Waals surface area contributed by atoms with Crippen molar-refractivity contribution in [2.24, 2.45) is 0 Å². The molecule has 0 spiro atoms. The van der Waals surface area contributed by atoms with Gasteiger partial charge in [-0.2, -0.15) is 0 Å². The molecule has 5 aromatic rings. The number of nitrogens with one attached hydrogen (secondary N) is 2. The van der Waals surface area contributed by atoms with Crippen LogP contribution in [0.1, 0.15) is 44.6 Å². The quantitative estimate of drug-likeness (QED) is 0.161. The number of carboxylic acids is 1. The van der Waals surface area contributed by atoms with Crippen molar-refractivity contribution in [3.8, 4) is 5.75 Å². The summed E-state index contributed by atoms with van der Waals surface area (Å²) in [6.07, 6.45) is 1.64. The van der Waals surface area contributed by atoms with Gasteiger partial charge >= 0.3 is 5.97 Å². The van der Waals surface area contributed by atoms with Gasteiger partial charge in [0.2, 0.25) is 5.91 Å². The number of carbonyl (C=O) groups is 2. The van der Waals surface area contributed by atoms with E-state index in [0.29, 0.717) is 22.0 Å². The molecule has 1 heterocycles. The number of aromatic nitrogens is 1. The topological polar surface area (TPSA) is 135 Å². The second kappa shape index (κ2) is 11.1. The van der Waals surface area contributed by atoms with Gasteiger partial charge in [-0.15, -0.1) is 0 Å². The van der Waals surface area contributed by atoms with Gasteiger partial charge in [0, 0.05) is 34.8 Å². The third-order valence-corrected chi connectivity index (χ3v) is 6.83. The van der Waals surface area contributed by atoms with E-state index in [1.807, 2.05) is 60.7 Å². The molecule has 9 nitrogen and oxygen atoms in total. The molecule has 9 heteroatoms. The van der Waals surface area contributed by atoms with Crippen molar-refractivity contribution in [1.82, 2.24) is 10.3 Å². The summed E-state index contributed by atoms with van der Waals surface area (Å²) in [6, 6.07) is 27.2. The van der Waals surface area contributed by atoms with E-state index in [1.54, 1.807) is 18.3 Å². The molecule has 200 valence electrons. The highest BCUT2D eigenvalue weighted by molar-refractivity contribution is 5.96. The molecule has 4 aromatic carbocycles. The zero-order valence-corrected chi connectivity index (χ0v) is 21.4. The van der Waals surface area contributed by atoms with Gasteiger partial charge in [0.05, 0.1) is 29.6 Å². The van der Waals surface area contributed by atoms with Crippen LogP contribution in [0, 0.1) is 10.1 Å². The number of ether oxygens (including phenoxy) is 1. The van der Waals surface area contributed by atoms with Gasteiger partial charge in [0.1, 0.15) is 5.75 Å². The van der Waals surface area contributed by atoms with Crippen molar-refractivity contribution >= 4 is 28.5 Å². The summed E-state index contributed by atoms with van der Waals surface area (Å²) in [4.78, 5) is 40.1. The highest BCUT2D eigenvalue weighted by Gasteiger charge is 2.31. The molecular formula is C31H25N3O6. The Hall–Kier alpha value is -5.44. The maximum Gasteiger partial charge on any atom is 0.335 e. The molecule has 0 bridgehead atoms. The molecule has 3 N–H and O–H groups in total. The number of rotatable bonds is 9. The highest BCUT2D eigenvalue weighted by Crippen LogP contribution is 2.38. The van der Waals surface area contributed by atoms with Crippen LogP contribution in [0.15, 0.2) is 103 Å². The second-order valence-corrected chi connectivity index (χ2v) is 9.19. The Labute approximate surface area is 229 Å². The summed E-state index contributed by atoms with van der Waals surface area (Å²) in [5.74, 6) is -2.33. The van der Waals surface area contributed by atoms with Crippen LogP contribution in [0.5, 0.6) is 5.75 Å². The van der Waals surface area contributed by atoms with Crippen LogP contribution in [-0.2, 0) is 4.79 Å². The molecule has 0 aliphatic carbocycles. The smallest absolute Gasteiger partial charge is 0.335 e. The predicted molar refractivity (Wildman–Crippen MR) is 150 cm³/mol. The molecule has 0 saturated carbocycles. The lowest BCUT2D eigenvalue weighted by Crippen LogP contribution is -2.34. The van der Waals surface area contributed by atoms with Crippen LogP contribution in [0.2, 0.25) is 0 Å². The largest absolute Gasteiger partial charge is 0.496 e. The van der Waals surface area contributed by atoms with Crippen LogP contribution < -0.4 is 10.1 Å². The summed E-state index contributed by atoms with van der Waals surface area (Å²) >= 11 is 0. The van der Waals surface area contributed by atoms with Crippen LogP contribution in [0.25, 0.3) is 10.9 Å². The van der Waals surface area contributed by atoms with Gasteiger partial charge in [0.15, 0.2) is 0 Å². The lowest BCUT2D eigenvalue weighted by molar-refractivity contribution is -0.384. The van der Waals surface area contributed by atoms with Gasteiger partial charge in [0.25, 0.3) is 5.69 Å². The van der Waals surface area contributed by atoms with Crippen LogP contribution in [0.3, 0.4) is 0 Å². The van der Waals surface area contributed by atoms with Crippen molar-refractivity contribution < 1.29 is 24.4 Å². The number of hydrogen-bond donors (Lipinski definition) is 3. The SMILES string of the molecule is COc1cc(C(=O)O)ccc1C(C(=O)NC(c1ccccc1)c1ccccc1)c1c[nH]c2ccc([N+](=O)[O-])cc12. The van der Waals surface area contributed by atoms with Crippen LogP contribution >= 0.6 is 0 Å². The fraction of sp³-hybridized carbons (Fsp3) is 0.0968. The fourth-order valence-corrected chi connectivity index (χ4v) is 4.89. The molecule has 1 amide bonds. The van der Waals surface area contributed by atoms with E-state index in [4.69, 9.17) is 4.74 Å². The standard InChI is InChI=1S/C31H25N3O6/c1-40-27-16-21(31(36)37)12-14-23(27)28(25-18-32-26-15-13-22(34(38)39)17-24(25)26)30(35)33-29(19-8-4-2-5-9-19)20-10-6-3-7-11-20/h2-18,28-29,32H,1H3,(H,33,35)(H,36,37). The zero-order valence-electron chi connectivity index (χ0n) is 21.4. The van der Waals surface area contributed by atoms with Crippen LogP contribution in [-0.4, -0.2) is 34.0 Å². The van der Waals surface area contributed by atoms with Crippen molar-refractivity contribution in [2.45, 2.75) is 12.0 Å². The van der Waals surface area contributed by atoms with Gasteiger partial charge in [-0.1, -0.05) is 66.7 Å². The number of amides is 1. The number of carboxylic acid groups (broad SMARTS) is 1. The third-order valence-electron chi connectivity index (χ3n) is 6.83. The molecule has 0 radical (unpaired) electrons. The number of nitrogens with zero attached hydrogens (tertiary/aromatic N) is 1. The number of nitro groups is 1. The molecule has 5 rings (SSSR count). The molecule has 0 saturated heterocycles. The second-order valence-electron chi connectivity index (χ2n) is 9.19. The van der Waals surface area contributed by atoms with Gasteiger partial charge < -0.3 is 20.1 Å². The molecule has 40 heavy (non-hydrogen) atoms. The molecule has 0 aliphatic heterocycles. The normalized spacial score (nSPS) is 11.8. The summed E-state index contributed by atoms with van der Waals surface area (Å²) < 4.78 is 5.55. The lowest BCUT2D eigenvalue weighted by atomic mass is 9.87.